The van der Waals surface area contributed by atoms with Crippen LogP contribution in [0.5, 0.6) is 0 Å². The molecule has 0 spiro atoms. The number of carbonyl (C=O) groups is 1. The van der Waals surface area contributed by atoms with Crippen LogP contribution in [0, 0.1) is 17.8 Å². The molecule has 0 aromatic heterocycles. The summed E-state index contributed by atoms with van der Waals surface area (Å²) in [6, 6.07) is 0. The number of fused-ring (bicyclic) bond motifs is 1. The lowest BCUT2D eigenvalue weighted by atomic mass is 9.71. The molecule has 0 amide bonds. The molecule has 0 aromatic rings. The second-order valence-corrected chi connectivity index (χ2v) is 3.56. The van der Waals surface area contributed by atoms with Gasteiger partial charge in [0.05, 0.1) is 6.10 Å². The summed E-state index contributed by atoms with van der Waals surface area (Å²) < 4.78 is 0. The van der Waals surface area contributed by atoms with Gasteiger partial charge in [-0.3, -0.25) is 4.79 Å². The van der Waals surface area contributed by atoms with E-state index in [1.807, 2.05) is 0 Å². The van der Waals surface area contributed by atoms with Gasteiger partial charge in [0, 0.05) is 18.3 Å². The molecule has 2 heteroatoms. The molecule has 2 aliphatic rings. The van der Waals surface area contributed by atoms with Crippen LogP contribution in [-0.4, -0.2) is 17.0 Å². The monoisotopic (exact) mass is 152 g/mol. The molecule has 0 heterocycles. The number of aliphatic hydroxyl groups is 1. The van der Waals surface area contributed by atoms with Gasteiger partial charge in [-0.05, 0) is 12.3 Å². The lowest BCUT2D eigenvalue weighted by Gasteiger charge is -2.30. The van der Waals surface area contributed by atoms with E-state index in [2.05, 4.69) is 6.58 Å². The molecule has 2 nitrogen and oxygen atoms in total. The fraction of sp³-hybridized carbons (Fsp3) is 0.667. The van der Waals surface area contributed by atoms with E-state index in [1.54, 1.807) is 6.08 Å². The second-order valence-electron chi connectivity index (χ2n) is 3.56. The zero-order valence-corrected chi connectivity index (χ0v) is 6.36. The van der Waals surface area contributed by atoms with Crippen molar-refractivity contribution in [2.75, 3.05) is 0 Å². The lowest BCUT2D eigenvalue weighted by Crippen LogP contribution is -2.35. The Balaban J connectivity index is 2.15. The van der Waals surface area contributed by atoms with E-state index >= 15 is 0 Å². The fourth-order valence-corrected chi connectivity index (χ4v) is 2.35. The van der Waals surface area contributed by atoms with Crippen molar-refractivity contribution in [2.24, 2.45) is 17.8 Å². The van der Waals surface area contributed by atoms with Gasteiger partial charge < -0.3 is 5.11 Å². The van der Waals surface area contributed by atoms with Gasteiger partial charge in [0.2, 0.25) is 0 Å². The Morgan fingerprint density at radius 1 is 1.64 bits per heavy atom. The first-order valence-corrected chi connectivity index (χ1v) is 4.07. The van der Waals surface area contributed by atoms with Gasteiger partial charge in [0.1, 0.15) is 5.78 Å². The summed E-state index contributed by atoms with van der Waals surface area (Å²) >= 11 is 0. The van der Waals surface area contributed by atoms with Crippen LogP contribution >= 0.6 is 0 Å². The molecule has 2 aliphatic carbocycles. The molecule has 2 rings (SSSR count). The zero-order valence-electron chi connectivity index (χ0n) is 6.36. The van der Waals surface area contributed by atoms with Crippen molar-refractivity contribution >= 4 is 5.78 Å². The minimum absolute atomic E-state index is 0.160. The van der Waals surface area contributed by atoms with Crippen LogP contribution in [-0.2, 0) is 4.79 Å². The molecule has 0 bridgehead atoms. The summed E-state index contributed by atoms with van der Waals surface area (Å²) in [5, 5.41) is 9.46. The highest BCUT2D eigenvalue weighted by Gasteiger charge is 2.51. The quantitative estimate of drug-likeness (QED) is 0.563. The normalized spacial score (nSPS) is 48.3. The van der Waals surface area contributed by atoms with Crippen LogP contribution in [0.1, 0.15) is 12.8 Å². The first-order chi connectivity index (χ1) is 5.24. The highest BCUT2D eigenvalue weighted by atomic mass is 16.3. The van der Waals surface area contributed by atoms with E-state index in [1.165, 1.54) is 0 Å². The van der Waals surface area contributed by atoms with Crippen molar-refractivity contribution in [1.29, 1.82) is 0 Å². The summed E-state index contributed by atoms with van der Waals surface area (Å²) in [7, 11) is 0. The number of Topliss-reactive ketones (excluding diaryl/α,β-unsaturated/α-hetero) is 1. The maximum absolute atomic E-state index is 11.0. The van der Waals surface area contributed by atoms with Gasteiger partial charge in [0.25, 0.3) is 0 Å². The average Bonchev–Trinajstić information content (AvgIpc) is 2.24. The summed E-state index contributed by atoms with van der Waals surface area (Å²) in [5.74, 6) is 1.08. The van der Waals surface area contributed by atoms with E-state index < -0.39 is 0 Å². The average molecular weight is 152 g/mol. The van der Waals surface area contributed by atoms with Gasteiger partial charge in [-0.15, -0.1) is 6.58 Å². The number of rotatable bonds is 1. The lowest BCUT2D eigenvalue weighted by molar-refractivity contribution is -0.133. The molecule has 0 radical (unpaired) electrons. The Morgan fingerprint density at radius 3 is 2.82 bits per heavy atom. The van der Waals surface area contributed by atoms with Gasteiger partial charge in [-0.2, -0.15) is 0 Å². The molecule has 4 unspecified atom stereocenters. The number of aliphatic hydroxyl groups excluding tert-OH is 1. The Kier molecular flexibility index (Phi) is 1.39. The largest absolute Gasteiger partial charge is 0.392 e. The van der Waals surface area contributed by atoms with Crippen molar-refractivity contribution < 1.29 is 9.90 Å². The van der Waals surface area contributed by atoms with E-state index in [0.717, 1.165) is 0 Å². The van der Waals surface area contributed by atoms with Crippen molar-refractivity contribution in [3.8, 4) is 0 Å². The molecule has 2 fully saturated rings. The SMILES string of the molecule is C=CC1C(O)CC2C(=O)CC21. The maximum Gasteiger partial charge on any atom is 0.136 e. The third-order valence-electron chi connectivity index (χ3n) is 3.07. The van der Waals surface area contributed by atoms with Crippen molar-refractivity contribution in [1.82, 2.24) is 0 Å². The van der Waals surface area contributed by atoms with Crippen LogP contribution in [0.4, 0.5) is 0 Å². The molecule has 0 aromatic carbocycles. The number of hydrogen-bond donors (Lipinski definition) is 1. The Labute approximate surface area is 65.9 Å². The third-order valence-corrected chi connectivity index (χ3v) is 3.07. The Hall–Kier alpha value is -0.630. The van der Waals surface area contributed by atoms with Crippen LogP contribution in [0.25, 0.3) is 0 Å². The predicted molar refractivity (Wildman–Crippen MR) is 40.9 cm³/mol. The highest BCUT2D eigenvalue weighted by Crippen LogP contribution is 2.48. The molecule has 60 valence electrons. The van der Waals surface area contributed by atoms with Crippen molar-refractivity contribution in [2.45, 2.75) is 18.9 Å². The van der Waals surface area contributed by atoms with Gasteiger partial charge >= 0.3 is 0 Å². The summed E-state index contributed by atoms with van der Waals surface area (Å²) in [6.07, 6.45) is 2.81. The first kappa shape index (κ1) is 7.04. The summed E-state index contributed by atoms with van der Waals surface area (Å²) in [4.78, 5) is 11.0. The molecule has 0 saturated heterocycles. The van der Waals surface area contributed by atoms with Gasteiger partial charge in [-0.1, -0.05) is 6.08 Å². The van der Waals surface area contributed by atoms with Crippen LogP contribution in [0.3, 0.4) is 0 Å². The predicted octanol–water partition coefficient (Wildman–Crippen LogP) is 0.758. The molecule has 2 saturated carbocycles. The fourth-order valence-electron chi connectivity index (χ4n) is 2.35. The number of carbonyl (C=O) groups excluding carboxylic acids is 1. The summed E-state index contributed by atoms with van der Waals surface area (Å²) in [5.41, 5.74) is 0. The van der Waals surface area contributed by atoms with E-state index in [4.69, 9.17) is 0 Å². The smallest absolute Gasteiger partial charge is 0.136 e. The van der Waals surface area contributed by atoms with Crippen LogP contribution in [0.15, 0.2) is 12.7 Å². The van der Waals surface area contributed by atoms with Crippen LogP contribution < -0.4 is 0 Å². The third kappa shape index (κ3) is 0.791. The maximum atomic E-state index is 11.0. The van der Waals surface area contributed by atoms with Gasteiger partial charge in [0.15, 0.2) is 0 Å². The highest BCUT2D eigenvalue weighted by molar-refractivity contribution is 5.88. The number of hydrogen-bond acceptors (Lipinski definition) is 2. The molecule has 11 heavy (non-hydrogen) atoms. The minimum atomic E-state index is -0.311. The molecule has 0 aliphatic heterocycles. The van der Waals surface area contributed by atoms with Crippen LogP contribution in [0.2, 0.25) is 0 Å². The standard InChI is InChI=1S/C9H12O2/c1-2-5-6-3-9(11)7(6)4-8(5)10/h2,5-8,10H,1,3-4H2. The second kappa shape index (κ2) is 2.18. The number of ketones is 1. The molecule has 1 N–H and O–H groups in total. The molecular weight excluding hydrogens is 140 g/mol. The topological polar surface area (TPSA) is 37.3 Å². The molecule has 4 atom stereocenters. The van der Waals surface area contributed by atoms with Gasteiger partial charge in [-0.25, -0.2) is 0 Å². The van der Waals surface area contributed by atoms with E-state index in [9.17, 15) is 9.90 Å². The zero-order chi connectivity index (χ0) is 8.01. The van der Waals surface area contributed by atoms with E-state index in [0.29, 0.717) is 24.5 Å². The van der Waals surface area contributed by atoms with Crippen molar-refractivity contribution in [3.63, 3.8) is 0 Å². The Bertz CT molecular complexity index is 210. The Morgan fingerprint density at radius 2 is 2.36 bits per heavy atom. The minimum Gasteiger partial charge on any atom is -0.392 e. The van der Waals surface area contributed by atoms with Crippen molar-refractivity contribution in [3.05, 3.63) is 12.7 Å². The summed E-state index contributed by atoms with van der Waals surface area (Å²) in [6.45, 7) is 3.67. The molecular formula is C9H12O2. The van der Waals surface area contributed by atoms with E-state index in [-0.39, 0.29) is 17.9 Å². The first-order valence-electron chi connectivity index (χ1n) is 4.07.